The molecule has 2 rings (SSSR count). The minimum absolute atomic E-state index is 0.359. The summed E-state index contributed by atoms with van der Waals surface area (Å²) in [5, 5.41) is 15.9. The third kappa shape index (κ3) is 1.48. The summed E-state index contributed by atoms with van der Waals surface area (Å²) in [6.45, 7) is 2.81. The summed E-state index contributed by atoms with van der Waals surface area (Å²) in [5.41, 5.74) is 0. The van der Waals surface area contributed by atoms with E-state index in [4.69, 9.17) is 5.11 Å². The molecular formula is C8H12N4O2. The van der Waals surface area contributed by atoms with Crippen molar-refractivity contribution >= 4 is 5.97 Å². The molecule has 2 N–H and O–H groups in total. The monoisotopic (exact) mass is 196 g/mol. The molecule has 0 spiro atoms. The normalized spacial score (nSPS) is 20.5. The Morgan fingerprint density at radius 1 is 1.79 bits per heavy atom. The maximum atomic E-state index is 10.7. The van der Waals surface area contributed by atoms with E-state index in [1.54, 1.807) is 4.68 Å². The van der Waals surface area contributed by atoms with Crippen LogP contribution < -0.4 is 5.32 Å². The Morgan fingerprint density at radius 2 is 2.57 bits per heavy atom. The van der Waals surface area contributed by atoms with Gasteiger partial charge in [-0.05, 0) is 0 Å². The first-order chi connectivity index (χ1) is 6.70. The van der Waals surface area contributed by atoms with Gasteiger partial charge in [0, 0.05) is 6.42 Å². The van der Waals surface area contributed by atoms with E-state index in [2.05, 4.69) is 15.4 Å². The van der Waals surface area contributed by atoms with Crippen LogP contribution in [0.25, 0.3) is 0 Å². The second-order valence-electron chi connectivity index (χ2n) is 3.25. The van der Waals surface area contributed by atoms with Gasteiger partial charge in [-0.15, -0.1) is 0 Å². The molecule has 1 unspecified atom stereocenters. The van der Waals surface area contributed by atoms with Gasteiger partial charge < -0.3 is 5.11 Å². The van der Waals surface area contributed by atoms with Crippen LogP contribution in [0.5, 0.6) is 0 Å². The molecule has 1 atom stereocenters. The van der Waals surface area contributed by atoms with Crippen molar-refractivity contribution in [3.05, 3.63) is 11.6 Å². The molecule has 0 radical (unpaired) electrons. The minimum Gasteiger partial charge on any atom is -0.480 e. The first-order valence-electron chi connectivity index (χ1n) is 4.59. The lowest BCUT2D eigenvalue weighted by atomic mass is 10.2. The van der Waals surface area contributed by atoms with Crippen molar-refractivity contribution in [2.24, 2.45) is 0 Å². The van der Waals surface area contributed by atoms with Gasteiger partial charge in [0.25, 0.3) is 0 Å². The molecule has 0 saturated heterocycles. The van der Waals surface area contributed by atoms with Crippen molar-refractivity contribution in [2.45, 2.75) is 32.5 Å². The first-order valence-corrected chi connectivity index (χ1v) is 4.59. The number of hydrogen-bond acceptors (Lipinski definition) is 4. The summed E-state index contributed by atoms with van der Waals surface area (Å²) >= 11 is 0. The second-order valence-corrected chi connectivity index (χ2v) is 3.25. The van der Waals surface area contributed by atoms with Crippen LogP contribution in [-0.2, 0) is 24.3 Å². The summed E-state index contributed by atoms with van der Waals surface area (Å²) in [6, 6.07) is -0.547. The molecule has 14 heavy (non-hydrogen) atoms. The Morgan fingerprint density at radius 3 is 3.21 bits per heavy atom. The number of carboxylic acid groups (broad SMARTS) is 1. The number of hydrogen-bond donors (Lipinski definition) is 2. The number of fused-ring (bicyclic) bond motifs is 1. The quantitative estimate of drug-likeness (QED) is 0.660. The molecule has 6 nitrogen and oxygen atoms in total. The highest BCUT2D eigenvalue weighted by Crippen LogP contribution is 2.07. The maximum absolute atomic E-state index is 10.7. The highest BCUT2D eigenvalue weighted by Gasteiger charge is 2.25. The summed E-state index contributed by atoms with van der Waals surface area (Å²) < 4.78 is 1.67. The maximum Gasteiger partial charge on any atom is 0.322 e. The zero-order chi connectivity index (χ0) is 10.1. The predicted molar refractivity (Wildman–Crippen MR) is 47.7 cm³/mol. The van der Waals surface area contributed by atoms with Crippen LogP contribution in [0.15, 0.2) is 0 Å². The predicted octanol–water partition coefficient (Wildman–Crippen LogP) is -0.603. The fourth-order valence-corrected chi connectivity index (χ4v) is 1.47. The van der Waals surface area contributed by atoms with Crippen LogP contribution in [0.1, 0.15) is 18.6 Å². The van der Waals surface area contributed by atoms with Crippen molar-refractivity contribution in [3.8, 4) is 0 Å². The van der Waals surface area contributed by atoms with Crippen molar-refractivity contribution in [2.75, 3.05) is 0 Å². The second kappa shape index (κ2) is 3.38. The van der Waals surface area contributed by atoms with E-state index in [0.29, 0.717) is 13.1 Å². The van der Waals surface area contributed by atoms with Crippen LogP contribution in [0.3, 0.4) is 0 Å². The molecule has 76 valence electrons. The topological polar surface area (TPSA) is 80.0 Å². The van der Waals surface area contributed by atoms with Gasteiger partial charge in [0.15, 0.2) is 5.82 Å². The van der Waals surface area contributed by atoms with Gasteiger partial charge in [-0.1, -0.05) is 6.92 Å². The van der Waals surface area contributed by atoms with Gasteiger partial charge in [-0.3, -0.25) is 10.1 Å². The number of aryl methyl sites for hydroxylation is 1. The van der Waals surface area contributed by atoms with E-state index >= 15 is 0 Å². The average Bonchev–Trinajstić information content (AvgIpc) is 2.58. The van der Waals surface area contributed by atoms with Crippen molar-refractivity contribution in [1.82, 2.24) is 20.1 Å². The summed E-state index contributed by atoms with van der Waals surface area (Å²) in [7, 11) is 0. The van der Waals surface area contributed by atoms with Crippen molar-refractivity contribution < 1.29 is 9.90 Å². The highest BCUT2D eigenvalue weighted by atomic mass is 16.4. The standard InChI is InChI=1S/C8H12N4O2/c1-2-6-10-7-3-9-5(8(13)14)4-12(7)11-6/h5,9H,2-4H2,1H3,(H,13,14). The molecular weight excluding hydrogens is 184 g/mol. The van der Waals surface area contributed by atoms with Crippen LogP contribution in [0.4, 0.5) is 0 Å². The van der Waals surface area contributed by atoms with Crippen LogP contribution in [-0.4, -0.2) is 31.9 Å². The number of aromatic nitrogens is 3. The fourth-order valence-electron chi connectivity index (χ4n) is 1.47. The van der Waals surface area contributed by atoms with Gasteiger partial charge in [-0.25, -0.2) is 9.67 Å². The molecule has 1 aromatic rings. The molecule has 1 aromatic heterocycles. The third-order valence-corrected chi connectivity index (χ3v) is 2.27. The number of carboxylic acids is 1. The molecule has 6 heteroatoms. The van der Waals surface area contributed by atoms with Crippen molar-refractivity contribution in [1.29, 1.82) is 0 Å². The van der Waals surface area contributed by atoms with Gasteiger partial charge in [0.2, 0.25) is 0 Å². The van der Waals surface area contributed by atoms with Gasteiger partial charge in [0.05, 0.1) is 13.1 Å². The highest BCUT2D eigenvalue weighted by molar-refractivity contribution is 5.73. The lowest BCUT2D eigenvalue weighted by molar-refractivity contribution is -0.140. The average molecular weight is 196 g/mol. The van der Waals surface area contributed by atoms with Crippen LogP contribution in [0.2, 0.25) is 0 Å². The summed E-state index contributed by atoms with van der Waals surface area (Å²) in [5.74, 6) is 0.747. The number of nitrogens with zero attached hydrogens (tertiary/aromatic N) is 3. The van der Waals surface area contributed by atoms with Crippen molar-refractivity contribution in [3.63, 3.8) is 0 Å². The zero-order valence-electron chi connectivity index (χ0n) is 7.90. The van der Waals surface area contributed by atoms with E-state index in [1.165, 1.54) is 0 Å². The number of rotatable bonds is 2. The number of aliphatic carboxylic acids is 1. The Bertz CT molecular complexity index is 360. The fraction of sp³-hybridized carbons (Fsp3) is 0.625. The SMILES string of the molecule is CCc1nc2n(n1)CC(C(=O)O)NC2. The van der Waals surface area contributed by atoms with Gasteiger partial charge >= 0.3 is 5.97 Å². The van der Waals surface area contributed by atoms with Gasteiger partial charge in [0.1, 0.15) is 11.9 Å². The smallest absolute Gasteiger partial charge is 0.322 e. The Hall–Kier alpha value is -1.43. The number of nitrogens with one attached hydrogen (secondary N) is 1. The first kappa shape index (κ1) is 9.14. The molecule has 0 fully saturated rings. The van der Waals surface area contributed by atoms with E-state index < -0.39 is 12.0 Å². The van der Waals surface area contributed by atoms with E-state index in [-0.39, 0.29) is 0 Å². The van der Waals surface area contributed by atoms with Crippen LogP contribution in [0, 0.1) is 0 Å². The largest absolute Gasteiger partial charge is 0.480 e. The Kier molecular flexibility index (Phi) is 2.20. The van der Waals surface area contributed by atoms with E-state index in [9.17, 15) is 4.79 Å². The molecule has 0 aliphatic carbocycles. The summed E-state index contributed by atoms with van der Waals surface area (Å²) in [6.07, 6.45) is 0.776. The Balaban J connectivity index is 2.21. The third-order valence-electron chi connectivity index (χ3n) is 2.27. The summed E-state index contributed by atoms with van der Waals surface area (Å²) in [4.78, 5) is 15.0. The Labute approximate surface area is 80.9 Å². The molecule has 2 heterocycles. The van der Waals surface area contributed by atoms with Gasteiger partial charge in [-0.2, -0.15) is 5.10 Å². The van der Waals surface area contributed by atoms with E-state index in [0.717, 1.165) is 18.1 Å². The molecule has 1 aliphatic rings. The lowest BCUT2D eigenvalue weighted by Gasteiger charge is -2.20. The zero-order valence-corrected chi connectivity index (χ0v) is 7.90. The van der Waals surface area contributed by atoms with E-state index in [1.807, 2.05) is 6.92 Å². The molecule has 0 aromatic carbocycles. The van der Waals surface area contributed by atoms with Crippen LogP contribution >= 0.6 is 0 Å². The lowest BCUT2D eigenvalue weighted by Crippen LogP contribution is -2.44. The molecule has 0 bridgehead atoms. The molecule has 0 amide bonds. The molecule has 0 saturated carbocycles. The number of carbonyl (C=O) groups is 1. The minimum atomic E-state index is -0.843. The molecule has 1 aliphatic heterocycles.